The Morgan fingerprint density at radius 3 is 0.678 bits per heavy atom. The molecule has 0 N–H and O–H groups in total. The first-order valence-corrected chi connectivity index (χ1v) is 26.5. The van der Waals surface area contributed by atoms with Crippen molar-refractivity contribution in [2.45, 2.75) is 309 Å². The van der Waals surface area contributed by atoms with Crippen molar-refractivity contribution in [3.8, 4) is 0 Å². The molecule has 0 aliphatic heterocycles. The smallest absolute Gasteiger partial charge is 0.306 e. The summed E-state index contributed by atoms with van der Waals surface area (Å²) in [6.45, 7) is 6.68. The second-order valence-corrected chi connectivity index (χ2v) is 18.2. The van der Waals surface area contributed by atoms with Gasteiger partial charge in [0.15, 0.2) is 6.10 Å². The highest BCUT2D eigenvalue weighted by atomic mass is 16.6. The van der Waals surface area contributed by atoms with Gasteiger partial charge in [0.2, 0.25) is 0 Å². The first-order chi connectivity index (χ1) is 29.0. The summed E-state index contributed by atoms with van der Waals surface area (Å²) < 4.78 is 16.8. The standard InChI is InChI=1S/C53H102O6/c1-4-7-10-13-16-19-22-24-26-27-29-32-35-38-41-44-47-53(56)59-50(48-57-51(54)45-42-39-36-33-30-21-18-15-12-9-6-3)49-58-52(55)46-43-40-37-34-31-28-25-23-20-17-14-11-8-5-2/h50H,4-49H2,1-3H3/t50-/m1/s1. The zero-order chi connectivity index (χ0) is 43.0. The molecule has 0 saturated heterocycles. The second kappa shape index (κ2) is 49.1. The fourth-order valence-electron chi connectivity index (χ4n) is 8.09. The first kappa shape index (κ1) is 57.4. The van der Waals surface area contributed by atoms with E-state index >= 15 is 0 Å². The van der Waals surface area contributed by atoms with Crippen LogP contribution in [0, 0.1) is 0 Å². The lowest BCUT2D eigenvalue weighted by atomic mass is 10.0. The molecule has 0 spiro atoms. The van der Waals surface area contributed by atoms with Gasteiger partial charge >= 0.3 is 17.9 Å². The lowest BCUT2D eigenvalue weighted by Gasteiger charge is -2.18. The van der Waals surface area contributed by atoms with Gasteiger partial charge in [0.05, 0.1) is 0 Å². The van der Waals surface area contributed by atoms with Crippen LogP contribution in [0.15, 0.2) is 0 Å². The largest absolute Gasteiger partial charge is 0.462 e. The molecule has 1 atom stereocenters. The monoisotopic (exact) mass is 835 g/mol. The molecule has 0 rings (SSSR count). The van der Waals surface area contributed by atoms with Crippen LogP contribution in [-0.4, -0.2) is 37.2 Å². The van der Waals surface area contributed by atoms with Crippen molar-refractivity contribution < 1.29 is 28.6 Å². The van der Waals surface area contributed by atoms with Crippen molar-refractivity contribution in [1.82, 2.24) is 0 Å². The lowest BCUT2D eigenvalue weighted by molar-refractivity contribution is -0.167. The van der Waals surface area contributed by atoms with E-state index in [9.17, 15) is 14.4 Å². The summed E-state index contributed by atoms with van der Waals surface area (Å²) >= 11 is 0. The van der Waals surface area contributed by atoms with Gasteiger partial charge < -0.3 is 14.2 Å². The number of ether oxygens (including phenoxy) is 3. The number of rotatable bonds is 49. The summed E-state index contributed by atoms with van der Waals surface area (Å²) in [5.41, 5.74) is 0. The molecule has 0 heterocycles. The van der Waals surface area contributed by atoms with Crippen LogP contribution in [0.1, 0.15) is 303 Å². The number of hydrogen-bond acceptors (Lipinski definition) is 6. The second-order valence-electron chi connectivity index (χ2n) is 18.2. The average Bonchev–Trinajstić information content (AvgIpc) is 3.23. The fraction of sp³-hybridized carbons (Fsp3) is 0.943. The summed E-state index contributed by atoms with van der Waals surface area (Å²) in [4.78, 5) is 37.9. The molecule has 0 aromatic carbocycles. The Morgan fingerprint density at radius 2 is 0.458 bits per heavy atom. The van der Waals surface area contributed by atoms with Crippen molar-refractivity contribution in [3.63, 3.8) is 0 Å². The number of hydrogen-bond donors (Lipinski definition) is 0. The van der Waals surface area contributed by atoms with Crippen LogP contribution in [0.25, 0.3) is 0 Å². The van der Waals surface area contributed by atoms with Gasteiger partial charge in [-0.3, -0.25) is 14.4 Å². The van der Waals surface area contributed by atoms with Crippen LogP contribution in [-0.2, 0) is 28.6 Å². The predicted octanol–water partition coefficient (Wildman–Crippen LogP) is 17.2. The Bertz CT molecular complexity index is 874. The predicted molar refractivity (Wildman–Crippen MR) is 252 cm³/mol. The Kier molecular flexibility index (Phi) is 47.7. The highest BCUT2D eigenvalue weighted by Gasteiger charge is 2.19. The van der Waals surface area contributed by atoms with E-state index in [1.54, 1.807) is 0 Å². The molecule has 0 saturated carbocycles. The SMILES string of the molecule is CCCCCCCCCCCCCCCCCCC(=O)O[C@H](COC(=O)CCCCCCCCCCCCC)COC(=O)CCCCCCCCCCCCCCCC. The zero-order valence-corrected chi connectivity index (χ0v) is 40.1. The molecule has 0 aromatic rings. The summed E-state index contributed by atoms with van der Waals surface area (Å²) in [6, 6.07) is 0. The highest BCUT2D eigenvalue weighted by Crippen LogP contribution is 2.17. The molecule has 59 heavy (non-hydrogen) atoms. The van der Waals surface area contributed by atoms with Crippen LogP contribution >= 0.6 is 0 Å². The fourth-order valence-corrected chi connectivity index (χ4v) is 8.09. The number of carbonyl (C=O) groups excluding carboxylic acids is 3. The molecular weight excluding hydrogens is 733 g/mol. The summed E-state index contributed by atoms with van der Waals surface area (Å²) in [6.07, 6.45) is 52.2. The number of esters is 3. The summed E-state index contributed by atoms with van der Waals surface area (Å²) in [5, 5.41) is 0. The van der Waals surface area contributed by atoms with E-state index in [1.165, 1.54) is 205 Å². The summed E-state index contributed by atoms with van der Waals surface area (Å²) in [5.74, 6) is -0.839. The third kappa shape index (κ3) is 47.3. The molecular formula is C53H102O6. The molecule has 0 fully saturated rings. The average molecular weight is 835 g/mol. The van der Waals surface area contributed by atoms with E-state index in [1.807, 2.05) is 0 Å². The van der Waals surface area contributed by atoms with Gasteiger partial charge in [-0.2, -0.15) is 0 Å². The third-order valence-corrected chi connectivity index (χ3v) is 12.1. The molecule has 0 bridgehead atoms. The topological polar surface area (TPSA) is 78.9 Å². The van der Waals surface area contributed by atoms with Crippen molar-refractivity contribution in [1.29, 1.82) is 0 Å². The number of carbonyl (C=O) groups is 3. The van der Waals surface area contributed by atoms with Crippen molar-refractivity contribution in [2.24, 2.45) is 0 Å². The number of unbranched alkanes of at least 4 members (excludes halogenated alkanes) is 38. The molecule has 6 heteroatoms. The maximum atomic E-state index is 12.8. The molecule has 350 valence electrons. The minimum atomic E-state index is -0.759. The first-order valence-electron chi connectivity index (χ1n) is 26.5. The molecule has 6 nitrogen and oxygen atoms in total. The van der Waals surface area contributed by atoms with E-state index < -0.39 is 6.10 Å². The maximum Gasteiger partial charge on any atom is 0.306 e. The molecule has 0 radical (unpaired) electrons. The van der Waals surface area contributed by atoms with Gasteiger partial charge in [0, 0.05) is 19.3 Å². The molecule has 0 aliphatic carbocycles. The van der Waals surface area contributed by atoms with Crippen molar-refractivity contribution in [3.05, 3.63) is 0 Å². The Balaban J connectivity index is 4.29. The van der Waals surface area contributed by atoms with E-state index in [0.717, 1.165) is 57.8 Å². The van der Waals surface area contributed by atoms with E-state index in [4.69, 9.17) is 14.2 Å². The Hall–Kier alpha value is -1.59. The minimum Gasteiger partial charge on any atom is -0.462 e. The van der Waals surface area contributed by atoms with Crippen LogP contribution in [0.4, 0.5) is 0 Å². The Labute approximate surface area is 368 Å². The minimum absolute atomic E-state index is 0.0616. The zero-order valence-electron chi connectivity index (χ0n) is 40.1. The van der Waals surface area contributed by atoms with E-state index in [-0.39, 0.29) is 31.1 Å². The lowest BCUT2D eigenvalue weighted by Crippen LogP contribution is -2.30. The van der Waals surface area contributed by atoms with Gasteiger partial charge in [-0.05, 0) is 19.3 Å². The van der Waals surface area contributed by atoms with E-state index in [2.05, 4.69) is 20.8 Å². The molecule has 0 amide bonds. The third-order valence-electron chi connectivity index (χ3n) is 12.1. The molecule has 0 unspecified atom stereocenters. The quantitative estimate of drug-likeness (QED) is 0.0345. The summed E-state index contributed by atoms with van der Waals surface area (Å²) in [7, 11) is 0. The van der Waals surface area contributed by atoms with Crippen molar-refractivity contribution >= 4 is 17.9 Å². The van der Waals surface area contributed by atoms with Gasteiger partial charge in [-0.25, -0.2) is 0 Å². The van der Waals surface area contributed by atoms with Crippen molar-refractivity contribution in [2.75, 3.05) is 13.2 Å². The van der Waals surface area contributed by atoms with Gasteiger partial charge in [0.25, 0.3) is 0 Å². The van der Waals surface area contributed by atoms with Crippen LogP contribution in [0.5, 0.6) is 0 Å². The van der Waals surface area contributed by atoms with Gasteiger partial charge in [-0.15, -0.1) is 0 Å². The van der Waals surface area contributed by atoms with Crippen LogP contribution in [0.3, 0.4) is 0 Å². The van der Waals surface area contributed by atoms with Crippen LogP contribution in [0.2, 0.25) is 0 Å². The molecule has 0 aliphatic rings. The Morgan fingerprint density at radius 1 is 0.271 bits per heavy atom. The van der Waals surface area contributed by atoms with E-state index in [0.29, 0.717) is 19.3 Å². The highest BCUT2D eigenvalue weighted by molar-refractivity contribution is 5.71. The molecule has 0 aromatic heterocycles. The van der Waals surface area contributed by atoms with Crippen LogP contribution < -0.4 is 0 Å². The van der Waals surface area contributed by atoms with Gasteiger partial charge in [-0.1, -0.05) is 265 Å². The van der Waals surface area contributed by atoms with Gasteiger partial charge in [0.1, 0.15) is 13.2 Å². The normalized spacial score (nSPS) is 11.8. The maximum absolute atomic E-state index is 12.8.